The van der Waals surface area contributed by atoms with Crippen LogP contribution in [-0.4, -0.2) is 48.6 Å². The van der Waals surface area contributed by atoms with Gasteiger partial charge in [0.1, 0.15) is 23.1 Å². The van der Waals surface area contributed by atoms with Crippen molar-refractivity contribution in [2.75, 3.05) is 19.4 Å². The van der Waals surface area contributed by atoms with Gasteiger partial charge in [0.15, 0.2) is 9.84 Å². The number of ether oxygens (including phenoxy) is 1. The quantitative estimate of drug-likeness (QED) is 0.477. The number of H-pyrrole nitrogens is 1. The number of nitrogens with zero attached hydrogens (tertiary/aromatic N) is 2. The summed E-state index contributed by atoms with van der Waals surface area (Å²) in [5.41, 5.74) is 4.75. The lowest BCUT2D eigenvalue weighted by atomic mass is 10.0. The topological polar surface area (TPSA) is 92.4 Å². The monoisotopic (exact) mass is 479 g/mol. The molecule has 9 heteroatoms. The number of carbonyl (C=O) groups is 1. The predicted octanol–water partition coefficient (Wildman–Crippen LogP) is 4.12. The van der Waals surface area contributed by atoms with Gasteiger partial charge in [0.2, 0.25) is 0 Å². The zero-order valence-electron chi connectivity index (χ0n) is 18.6. The van der Waals surface area contributed by atoms with Crippen molar-refractivity contribution in [2.24, 2.45) is 0 Å². The van der Waals surface area contributed by atoms with Crippen molar-refractivity contribution < 1.29 is 22.3 Å². The van der Waals surface area contributed by atoms with E-state index >= 15 is 0 Å². The van der Waals surface area contributed by atoms with Crippen LogP contribution < -0.4 is 4.74 Å². The highest BCUT2D eigenvalue weighted by molar-refractivity contribution is 7.90. The minimum absolute atomic E-state index is 0.0138. The van der Waals surface area contributed by atoms with E-state index < -0.39 is 20.5 Å². The molecule has 0 saturated carbocycles. The van der Waals surface area contributed by atoms with Crippen LogP contribution in [0.25, 0.3) is 22.2 Å². The van der Waals surface area contributed by atoms with Crippen LogP contribution in [0.15, 0.2) is 59.8 Å². The van der Waals surface area contributed by atoms with E-state index in [1.165, 1.54) is 13.0 Å². The maximum atomic E-state index is 14.8. The lowest BCUT2D eigenvalue weighted by molar-refractivity contribution is 0.0731. The predicted molar refractivity (Wildman–Crippen MR) is 126 cm³/mol. The number of sulfone groups is 1. The lowest BCUT2D eigenvalue weighted by Gasteiger charge is -2.21. The Morgan fingerprint density at radius 1 is 1.12 bits per heavy atom. The Morgan fingerprint density at radius 3 is 2.68 bits per heavy atom. The standard InChI is InChI=1S/C25H22FN3O4S/c1-15-19(5-8-23(24(15)26)34(2,31)32)25(30)29-9-10-33-22-7-4-16(11-18(22)13-29)17-3-6-20-21(12-17)28-14-27-20/h3-8,11-12,14H,9-10,13H2,1-2H3,(H,27,28). The van der Waals surface area contributed by atoms with Crippen molar-refractivity contribution in [1.29, 1.82) is 0 Å². The number of amides is 1. The van der Waals surface area contributed by atoms with Crippen molar-refractivity contribution in [1.82, 2.24) is 14.9 Å². The Morgan fingerprint density at radius 2 is 1.88 bits per heavy atom. The van der Waals surface area contributed by atoms with Crippen LogP contribution in [0.3, 0.4) is 0 Å². The summed E-state index contributed by atoms with van der Waals surface area (Å²) in [4.78, 5) is 21.8. The summed E-state index contributed by atoms with van der Waals surface area (Å²) in [7, 11) is -3.74. The molecule has 1 aromatic heterocycles. The van der Waals surface area contributed by atoms with Crippen LogP contribution in [0.1, 0.15) is 21.5 Å². The van der Waals surface area contributed by atoms with Crippen LogP contribution in [0.4, 0.5) is 4.39 Å². The molecule has 0 aliphatic carbocycles. The van der Waals surface area contributed by atoms with E-state index in [1.54, 1.807) is 11.2 Å². The summed E-state index contributed by atoms with van der Waals surface area (Å²) in [5, 5.41) is 0. The Hall–Kier alpha value is -3.72. The van der Waals surface area contributed by atoms with E-state index in [0.29, 0.717) is 18.9 Å². The third kappa shape index (κ3) is 3.92. The third-order valence-corrected chi connectivity index (χ3v) is 7.18. The van der Waals surface area contributed by atoms with Crippen molar-refractivity contribution in [3.63, 3.8) is 0 Å². The number of benzene rings is 3. The molecule has 0 spiro atoms. The van der Waals surface area contributed by atoms with Crippen molar-refractivity contribution in [3.05, 3.63) is 77.4 Å². The first kappa shape index (κ1) is 22.1. The molecule has 4 aromatic rings. The molecule has 7 nitrogen and oxygen atoms in total. The molecular formula is C25H22FN3O4S. The first-order valence-corrected chi connectivity index (χ1v) is 12.6. The normalized spacial score (nSPS) is 13.9. The Kier molecular flexibility index (Phi) is 5.36. The smallest absolute Gasteiger partial charge is 0.254 e. The fourth-order valence-corrected chi connectivity index (χ4v) is 5.00. The second kappa shape index (κ2) is 8.25. The SMILES string of the molecule is Cc1c(C(=O)N2CCOc3ccc(-c4ccc5nc[nH]c5c4)cc3C2)ccc(S(C)(=O)=O)c1F. The Bertz CT molecular complexity index is 1550. The summed E-state index contributed by atoms with van der Waals surface area (Å²) in [6.45, 7) is 2.31. The molecule has 0 fully saturated rings. The van der Waals surface area contributed by atoms with Gasteiger partial charge >= 0.3 is 0 Å². The second-order valence-electron chi connectivity index (χ2n) is 8.35. The van der Waals surface area contributed by atoms with Gasteiger partial charge in [-0.3, -0.25) is 4.79 Å². The molecule has 0 atom stereocenters. The summed E-state index contributed by atoms with van der Waals surface area (Å²) >= 11 is 0. The largest absolute Gasteiger partial charge is 0.491 e. The molecule has 0 radical (unpaired) electrons. The van der Waals surface area contributed by atoms with Gasteiger partial charge in [0, 0.05) is 23.9 Å². The molecule has 1 aliphatic heterocycles. The van der Waals surface area contributed by atoms with E-state index in [9.17, 15) is 17.6 Å². The number of aromatic nitrogens is 2. The zero-order valence-corrected chi connectivity index (χ0v) is 19.4. The van der Waals surface area contributed by atoms with Gasteiger partial charge in [-0.2, -0.15) is 0 Å². The van der Waals surface area contributed by atoms with Crippen LogP contribution in [-0.2, 0) is 16.4 Å². The van der Waals surface area contributed by atoms with Crippen molar-refractivity contribution in [2.45, 2.75) is 18.4 Å². The van der Waals surface area contributed by atoms with Crippen LogP contribution in [0.2, 0.25) is 0 Å². The molecule has 34 heavy (non-hydrogen) atoms. The third-order valence-electron chi connectivity index (χ3n) is 6.06. The second-order valence-corrected chi connectivity index (χ2v) is 10.3. The summed E-state index contributed by atoms with van der Waals surface area (Å²) in [6.07, 6.45) is 2.59. The van der Waals surface area contributed by atoms with Crippen LogP contribution in [0.5, 0.6) is 5.75 Å². The van der Waals surface area contributed by atoms with Gasteiger partial charge in [0.05, 0.1) is 23.9 Å². The van der Waals surface area contributed by atoms with E-state index in [1.807, 2.05) is 36.4 Å². The number of hydrogen-bond acceptors (Lipinski definition) is 5. The van der Waals surface area contributed by atoms with Gasteiger partial charge in [-0.25, -0.2) is 17.8 Å². The van der Waals surface area contributed by atoms with Gasteiger partial charge < -0.3 is 14.6 Å². The van der Waals surface area contributed by atoms with E-state index in [4.69, 9.17) is 4.74 Å². The summed E-state index contributed by atoms with van der Waals surface area (Å²) in [5.74, 6) is -0.578. The summed E-state index contributed by atoms with van der Waals surface area (Å²) < 4.78 is 44.3. The molecule has 1 amide bonds. The molecule has 174 valence electrons. The number of hydrogen-bond donors (Lipinski definition) is 1. The maximum Gasteiger partial charge on any atom is 0.254 e. The molecule has 0 saturated heterocycles. The molecule has 1 aliphatic rings. The molecule has 1 N–H and O–H groups in total. The molecule has 5 rings (SSSR count). The van der Waals surface area contributed by atoms with E-state index in [2.05, 4.69) is 9.97 Å². The Balaban J connectivity index is 1.47. The highest BCUT2D eigenvalue weighted by Gasteiger charge is 2.26. The first-order chi connectivity index (χ1) is 16.2. The van der Waals surface area contributed by atoms with Gasteiger partial charge in [0.25, 0.3) is 5.91 Å². The fourth-order valence-electron chi connectivity index (χ4n) is 4.21. The average molecular weight is 480 g/mol. The number of carbonyl (C=O) groups excluding carboxylic acids is 1. The number of nitrogens with one attached hydrogen (secondary N) is 1. The van der Waals surface area contributed by atoms with Gasteiger partial charge in [-0.05, 0) is 60.0 Å². The van der Waals surface area contributed by atoms with Gasteiger partial charge in [-0.15, -0.1) is 0 Å². The molecular weight excluding hydrogens is 457 g/mol. The highest BCUT2D eigenvalue weighted by atomic mass is 32.2. The maximum absolute atomic E-state index is 14.8. The Labute approximate surface area is 196 Å². The summed E-state index contributed by atoms with van der Waals surface area (Å²) in [6, 6.07) is 14.3. The number of halogens is 1. The van der Waals surface area contributed by atoms with Gasteiger partial charge in [-0.1, -0.05) is 12.1 Å². The average Bonchev–Trinajstić information content (AvgIpc) is 3.17. The molecule has 0 unspecified atom stereocenters. The highest BCUT2D eigenvalue weighted by Crippen LogP contribution is 2.31. The lowest BCUT2D eigenvalue weighted by Crippen LogP contribution is -2.33. The number of imidazole rings is 1. The number of fused-ring (bicyclic) bond motifs is 2. The van der Waals surface area contributed by atoms with E-state index in [-0.39, 0.29) is 23.6 Å². The molecule has 2 heterocycles. The minimum Gasteiger partial charge on any atom is -0.491 e. The van der Waals surface area contributed by atoms with E-state index in [0.717, 1.165) is 40.0 Å². The van der Waals surface area contributed by atoms with Crippen LogP contribution >= 0.6 is 0 Å². The first-order valence-electron chi connectivity index (χ1n) is 10.7. The minimum atomic E-state index is -3.74. The zero-order chi connectivity index (χ0) is 24.0. The van der Waals surface area contributed by atoms with Crippen molar-refractivity contribution >= 4 is 26.8 Å². The molecule has 3 aromatic carbocycles. The number of aromatic amines is 1. The van der Waals surface area contributed by atoms with Crippen LogP contribution in [0, 0.1) is 12.7 Å². The fraction of sp³-hybridized carbons (Fsp3) is 0.200. The van der Waals surface area contributed by atoms with Crippen molar-refractivity contribution in [3.8, 4) is 16.9 Å². The number of rotatable bonds is 3. The molecule has 0 bridgehead atoms.